The number of rotatable bonds is 8. The Morgan fingerprint density at radius 3 is 2.65 bits per heavy atom. The predicted octanol–water partition coefficient (Wildman–Crippen LogP) is 2.78. The third-order valence-corrected chi connectivity index (χ3v) is 4.61. The van der Waals surface area contributed by atoms with Gasteiger partial charge in [-0.15, -0.1) is 24.0 Å². The van der Waals surface area contributed by atoms with E-state index in [0.29, 0.717) is 24.3 Å². The lowest BCUT2D eigenvalue weighted by molar-refractivity contribution is 0.203. The highest BCUT2D eigenvalue weighted by Gasteiger charge is 2.19. The van der Waals surface area contributed by atoms with Crippen molar-refractivity contribution in [2.75, 3.05) is 33.2 Å². The molecule has 2 N–H and O–H groups in total. The average molecular weight is 478 g/mol. The van der Waals surface area contributed by atoms with Gasteiger partial charge in [-0.25, -0.2) is 0 Å². The van der Waals surface area contributed by atoms with Gasteiger partial charge in [0.05, 0.1) is 0 Å². The van der Waals surface area contributed by atoms with Crippen LogP contribution >= 0.6 is 24.0 Å². The molecular weight excluding hydrogens is 443 g/mol. The lowest BCUT2D eigenvalue weighted by Crippen LogP contribution is -2.49. The summed E-state index contributed by atoms with van der Waals surface area (Å²) < 4.78 is 5.27. The number of piperidine rings is 1. The van der Waals surface area contributed by atoms with Crippen molar-refractivity contribution in [2.45, 2.75) is 64.8 Å². The first kappa shape index (κ1) is 23.1. The van der Waals surface area contributed by atoms with E-state index in [0.717, 1.165) is 18.3 Å². The summed E-state index contributed by atoms with van der Waals surface area (Å²) in [7, 11) is 1.81. The largest absolute Gasteiger partial charge is 0.356 e. The highest BCUT2D eigenvalue weighted by atomic mass is 127. The Labute approximate surface area is 174 Å². The molecule has 8 heteroatoms. The van der Waals surface area contributed by atoms with Crippen LogP contribution in [0.4, 0.5) is 0 Å². The minimum absolute atomic E-state index is 0. The molecule has 1 aliphatic rings. The Balaban J connectivity index is 0.00000338. The number of halogens is 1. The normalized spacial score (nSPS) is 16.6. The maximum atomic E-state index is 5.27. The number of nitrogens with one attached hydrogen (secondary N) is 2. The van der Waals surface area contributed by atoms with Crippen molar-refractivity contribution in [3.63, 3.8) is 0 Å². The van der Waals surface area contributed by atoms with E-state index in [2.05, 4.69) is 51.4 Å². The monoisotopic (exact) mass is 478 g/mol. The van der Waals surface area contributed by atoms with Gasteiger partial charge in [-0.3, -0.25) is 4.99 Å². The molecule has 0 bridgehead atoms. The third-order valence-electron chi connectivity index (χ3n) is 4.61. The average Bonchev–Trinajstić information content (AvgIpc) is 3.09. The van der Waals surface area contributed by atoms with Crippen LogP contribution < -0.4 is 10.6 Å². The highest BCUT2D eigenvalue weighted by molar-refractivity contribution is 14.0. The second kappa shape index (κ2) is 12.5. The van der Waals surface area contributed by atoms with Crippen LogP contribution in [0, 0.1) is 0 Å². The van der Waals surface area contributed by atoms with Crippen molar-refractivity contribution in [1.29, 1.82) is 0 Å². The molecule has 2 rings (SSSR count). The third kappa shape index (κ3) is 7.77. The van der Waals surface area contributed by atoms with Crippen molar-refractivity contribution in [3.05, 3.63) is 11.7 Å². The SMILES string of the molecule is CCCCN1CCC(NC(=NC)NCCc2nc(C(C)C)no2)CC1.I. The smallest absolute Gasteiger partial charge is 0.228 e. The number of aromatic nitrogens is 2. The minimum Gasteiger partial charge on any atom is -0.356 e. The van der Waals surface area contributed by atoms with Crippen LogP contribution in [0.1, 0.15) is 64.1 Å². The van der Waals surface area contributed by atoms with E-state index < -0.39 is 0 Å². The van der Waals surface area contributed by atoms with Crippen LogP contribution in [0.25, 0.3) is 0 Å². The van der Waals surface area contributed by atoms with Crippen LogP contribution in [-0.4, -0.2) is 60.3 Å². The first-order chi connectivity index (χ1) is 12.1. The fourth-order valence-corrected chi connectivity index (χ4v) is 2.96. The van der Waals surface area contributed by atoms with Crippen LogP contribution in [0.2, 0.25) is 0 Å². The molecular formula is C18H35IN6O. The van der Waals surface area contributed by atoms with Gasteiger partial charge < -0.3 is 20.1 Å². The topological polar surface area (TPSA) is 78.6 Å². The van der Waals surface area contributed by atoms with Crippen LogP contribution in [0.5, 0.6) is 0 Å². The molecule has 1 fully saturated rings. The number of nitrogens with zero attached hydrogens (tertiary/aromatic N) is 4. The second-order valence-electron chi connectivity index (χ2n) is 7.06. The maximum Gasteiger partial charge on any atom is 0.228 e. The molecule has 0 radical (unpaired) electrons. The zero-order chi connectivity index (χ0) is 18.1. The quantitative estimate of drug-likeness (QED) is 0.340. The standard InChI is InChI=1S/C18H34N6O.HI/c1-5-6-11-24-12-8-15(9-13-24)21-18(19-4)20-10-7-16-22-17(14(2)3)23-25-16;/h14-15H,5-13H2,1-4H3,(H2,19,20,21);1H. The first-order valence-electron chi connectivity index (χ1n) is 9.64. The number of likely N-dealkylation sites (tertiary alicyclic amines) is 1. The zero-order valence-corrected chi connectivity index (χ0v) is 19.0. The zero-order valence-electron chi connectivity index (χ0n) is 16.6. The van der Waals surface area contributed by atoms with Crippen molar-refractivity contribution in [1.82, 2.24) is 25.7 Å². The van der Waals surface area contributed by atoms with Gasteiger partial charge in [0.15, 0.2) is 11.8 Å². The van der Waals surface area contributed by atoms with E-state index in [9.17, 15) is 0 Å². The van der Waals surface area contributed by atoms with Gasteiger partial charge in [0, 0.05) is 45.1 Å². The maximum absolute atomic E-state index is 5.27. The summed E-state index contributed by atoms with van der Waals surface area (Å²) in [6, 6.07) is 0.500. The van der Waals surface area contributed by atoms with Crippen molar-refractivity contribution in [2.24, 2.45) is 4.99 Å². The molecule has 7 nitrogen and oxygen atoms in total. The Morgan fingerprint density at radius 1 is 1.35 bits per heavy atom. The Morgan fingerprint density at radius 2 is 2.08 bits per heavy atom. The van der Waals surface area contributed by atoms with Crippen molar-refractivity contribution < 1.29 is 4.52 Å². The molecule has 1 aromatic rings. The predicted molar refractivity (Wildman–Crippen MR) is 116 cm³/mol. The van der Waals surface area contributed by atoms with Crippen LogP contribution in [-0.2, 0) is 6.42 Å². The van der Waals surface area contributed by atoms with Gasteiger partial charge >= 0.3 is 0 Å². The number of hydrogen-bond acceptors (Lipinski definition) is 5. The molecule has 1 saturated heterocycles. The molecule has 26 heavy (non-hydrogen) atoms. The van der Waals surface area contributed by atoms with E-state index in [4.69, 9.17) is 4.52 Å². The highest BCUT2D eigenvalue weighted by Crippen LogP contribution is 2.11. The fourth-order valence-electron chi connectivity index (χ4n) is 2.96. The second-order valence-corrected chi connectivity index (χ2v) is 7.06. The molecule has 0 unspecified atom stereocenters. The van der Waals surface area contributed by atoms with E-state index >= 15 is 0 Å². The molecule has 0 saturated carbocycles. The van der Waals surface area contributed by atoms with Crippen molar-refractivity contribution in [3.8, 4) is 0 Å². The molecule has 150 valence electrons. The first-order valence-corrected chi connectivity index (χ1v) is 9.64. The summed E-state index contributed by atoms with van der Waals surface area (Å²) in [4.78, 5) is 11.3. The van der Waals surface area contributed by atoms with Crippen molar-refractivity contribution >= 4 is 29.9 Å². The molecule has 0 amide bonds. The van der Waals surface area contributed by atoms with E-state index in [1.165, 1.54) is 45.3 Å². The number of aliphatic imine (C=N–C) groups is 1. The summed E-state index contributed by atoms with van der Waals surface area (Å²) >= 11 is 0. The number of guanidine groups is 1. The fraction of sp³-hybridized carbons (Fsp3) is 0.833. The van der Waals surface area contributed by atoms with E-state index in [1.807, 2.05) is 7.05 Å². The Hall–Kier alpha value is -0.900. The lowest BCUT2D eigenvalue weighted by atomic mass is 10.0. The van der Waals surface area contributed by atoms with Crippen LogP contribution in [0.15, 0.2) is 9.52 Å². The van der Waals surface area contributed by atoms with Gasteiger partial charge in [0.25, 0.3) is 0 Å². The van der Waals surface area contributed by atoms with Gasteiger partial charge in [0.1, 0.15) is 0 Å². The Kier molecular flexibility index (Phi) is 11.1. The van der Waals surface area contributed by atoms with Gasteiger partial charge in [-0.05, 0) is 25.8 Å². The summed E-state index contributed by atoms with van der Waals surface area (Å²) in [5, 5.41) is 10.9. The lowest BCUT2D eigenvalue weighted by Gasteiger charge is -2.33. The van der Waals surface area contributed by atoms with Gasteiger partial charge in [-0.1, -0.05) is 32.3 Å². The molecule has 1 aliphatic heterocycles. The summed E-state index contributed by atoms with van der Waals surface area (Å²) in [6.07, 6.45) is 5.62. The van der Waals surface area contributed by atoms with Gasteiger partial charge in [0.2, 0.25) is 5.89 Å². The van der Waals surface area contributed by atoms with E-state index in [1.54, 1.807) is 0 Å². The summed E-state index contributed by atoms with van der Waals surface area (Å²) in [5.74, 6) is 2.60. The molecule has 1 aromatic heterocycles. The molecule has 0 aliphatic carbocycles. The van der Waals surface area contributed by atoms with E-state index in [-0.39, 0.29) is 24.0 Å². The molecule has 0 aromatic carbocycles. The Bertz CT molecular complexity index is 526. The summed E-state index contributed by atoms with van der Waals surface area (Å²) in [6.45, 7) is 10.7. The number of unbranched alkanes of at least 4 members (excludes halogenated alkanes) is 1. The van der Waals surface area contributed by atoms with Gasteiger partial charge in [-0.2, -0.15) is 4.98 Å². The molecule has 0 atom stereocenters. The van der Waals surface area contributed by atoms with Crippen LogP contribution in [0.3, 0.4) is 0 Å². The minimum atomic E-state index is 0. The number of hydrogen-bond donors (Lipinski definition) is 2. The molecule has 0 spiro atoms. The molecule has 2 heterocycles. The summed E-state index contributed by atoms with van der Waals surface area (Å²) in [5.41, 5.74) is 0.